The zero-order chi connectivity index (χ0) is 28.1. The number of nitrogens with one attached hydrogen (secondary N) is 1. The molecule has 0 fully saturated rings. The number of nitroso groups, excluding NO2 is 1. The average Bonchev–Trinajstić information content (AvgIpc) is 2.98. The molecule has 1 aliphatic heterocycles. The molecular weight excluding hydrogens is 551 g/mol. The molecule has 1 atom stereocenters. The standard InChI is InChI=1S/C31H24Cl2N2O5/c32-26-8-4-3-7-23(26)22-6-2-1-5-19(22)13-15-34-30(36)20-9-11-21(12-10-20)40-29-18-28-25(17-27(29)33)24(14-16-39-28)31(37)35-38/h1-12,17-18,24H,13-16H2,(H,34,36). The van der Waals surface area contributed by atoms with Crippen molar-refractivity contribution >= 4 is 35.0 Å². The van der Waals surface area contributed by atoms with Crippen LogP contribution in [0.15, 0.2) is 90.1 Å². The van der Waals surface area contributed by atoms with E-state index in [1.54, 1.807) is 36.4 Å². The quantitative estimate of drug-likeness (QED) is 0.219. The minimum atomic E-state index is -0.757. The average molecular weight is 575 g/mol. The van der Waals surface area contributed by atoms with Gasteiger partial charge in [-0.05, 0) is 60.4 Å². The van der Waals surface area contributed by atoms with Gasteiger partial charge in [-0.2, -0.15) is 0 Å². The fourth-order valence-corrected chi connectivity index (χ4v) is 5.13. The highest BCUT2D eigenvalue weighted by molar-refractivity contribution is 6.33. The summed E-state index contributed by atoms with van der Waals surface area (Å²) in [5.41, 5.74) is 4.07. The second kappa shape index (κ2) is 12.3. The zero-order valence-electron chi connectivity index (χ0n) is 21.2. The van der Waals surface area contributed by atoms with Gasteiger partial charge in [-0.25, -0.2) is 0 Å². The molecule has 4 aromatic rings. The number of benzene rings is 4. The fraction of sp³-hybridized carbons (Fsp3) is 0.161. The number of rotatable bonds is 8. The number of carbonyl (C=O) groups excluding carboxylic acids is 2. The lowest BCUT2D eigenvalue weighted by Crippen LogP contribution is -2.25. The Labute approximate surface area is 241 Å². The van der Waals surface area contributed by atoms with Gasteiger partial charge < -0.3 is 14.8 Å². The molecule has 1 unspecified atom stereocenters. The first kappa shape index (κ1) is 27.4. The number of hydrogen-bond acceptors (Lipinski definition) is 5. The molecule has 4 aromatic carbocycles. The molecule has 1 aliphatic rings. The Morgan fingerprint density at radius 2 is 1.65 bits per heavy atom. The van der Waals surface area contributed by atoms with E-state index in [1.165, 1.54) is 0 Å². The molecule has 7 nitrogen and oxygen atoms in total. The van der Waals surface area contributed by atoms with E-state index in [9.17, 15) is 14.5 Å². The van der Waals surface area contributed by atoms with E-state index in [2.05, 4.69) is 10.5 Å². The third-order valence-electron chi connectivity index (χ3n) is 6.70. The van der Waals surface area contributed by atoms with Gasteiger partial charge >= 0.3 is 0 Å². The highest BCUT2D eigenvalue weighted by Gasteiger charge is 2.30. The van der Waals surface area contributed by atoms with Gasteiger partial charge in [-0.1, -0.05) is 65.7 Å². The molecule has 0 radical (unpaired) electrons. The summed E-state index contributed by atoms with van der Waals surface area (Å²) in [6.07, 6.45) is 0.994. The summed E-state index contributed by atoms with van der Waals surface area (Å²) in [7, 11) is 0. The van der Waals surface area contributed by atoms with E-state index in [0.29, 0.717) is 52.8 Å². The second-order valence-corrected chi connectivity index (χ2v) is 10.0. The third-order valence-corrected chi connectivity index (χ3v) is 7.32. The molecule has 0 saturated heterocycles. The van der Waals surface area contributed by atoms with Crippen molar-refractivity contribution in [3.8, 4) is 28.4 Å². The van der Waals surface area contributed by atoms with Crippen molar-refractivity contribution in [3.05, 3.63) is 117 Å². The van der Waals surface area contributed by atoms with Crippen LogP contribution in [0.5, 0.6) is 17.2 Å². The van der Waals surface area contributed by atoms with Gasteiger partial charge in [0.25, 0.3) is 11.8 Å². The maximum absolute atomic E-state index is 12.8. The Hall–Kier alpha value is -4.20. The number of amides is 2. The van der Waals surface area contributed by atoms with E-state index in [-0.39, 0.29) is 17.5 Å². The van der Waals surface area contributed by atoms with Crippen molar-refractivity contribution in [1.29, 1.82) is 0 Å². The van der Waals surface area contributed by atoms with Gasteiger partial charge in [0.15, 0.2) is 0 Å². The van der Waals surface area contributed by atoms with Crippen molar-refractivity contribution in [2.24, 2.45) is 5.18 Å². The lowest BCUT2D eigenvalue weighted by atomic mass is 9.92. The normalized spacial score (nSPS) is 14.0. The van der Waals surface area contributed by atoms with Gasteiger partial charge in [0.2, 0.25) is 0 Å². The molecule has 1 N–H and O–H groups in total. The maximum Gasteiger partial charge on any atom is 0.294 e. The monoisotopic (exact) mass is 574 g/mol. The predicted octanol–water partition coefficient (Wildman–Crippen LogP) is 7.58. The fourth-order valence-electron chi connectivity index (χ4n) is 4.68. The van der Waals surface area contributed by atoms with Crippen molar-refractivity contribution in [2.75, 3.05) is 13.2 Å². The minimum absolute atomic E-state index is 0.207. The third kappa shape index (κ3) is 6.01. The smallest absolute Gasteiger partial charge is 0.294 e. The molecular formula is C31H24Cl2N2O5. The van der Waals surface area contributed by atoms with Gasteiger partial charge in [-0.15, -0.1) is 4.91 Å². The molecule has 0 bridgehead atoms. The first-order valence-corrected chi connectivity index (χ1v) is 13.4. The molecule has 5 rings (SSSR count). The van der Waals surface area contributed by atoms with Crippen LogP contribution in [0.25, 0.3) is 11.1 Å². The van der Waals surface area contributed by atoms with E-state index >= 15 is 0 Å². The van der Waals surface area contributed by atoms with E-state index in [4.69, 9.17) is 32.7 Å². The number of halogens is 2. The summed E-state index contributed by atoms with van der Waals surface area (Å²) in [5.74, 6) is -0.448. The topological polar surface area (TPSA) is 94.1 Å². The molecule has 2 amide bonds. The number of fused-ring (bicyclic) bond motifs is 1. The molecule has 40 heavy (non-hydrogen) atoms. The highest BCUT2D eigenvalue weighted by Crippen LogP contribution is 2.42. The Bertz CT molecular complexity index is 1570. The summed E-state index contributed by atoms with van der Waals surface area (Å²) in [4.78, 5) is 35.4. The molecule has 9 heteroatoms. The van der Waals surface area contributed by atoms with Crippen molar-refractivity contribution in [2.45, 2.75) is 18.8 Å². The van der Waals surface area contributed by atoms with Crippen LogP contribution in [-0.4, -0.2) is 25.0 Å². The van der Waals surface area contributed by atoms with Crippen LogP contribution in [0.3, 0.4) is 0 Å². The maximum atomic E-state index is 12.8. The summed E-state index contributed by atoms with van der Waals surface area (Å²) < 4.78 is 11.6. The number of carbonyl (C=O) groups is 2. The van der Waals surface area contributed by atoms with Crippen LogP contribution in [0.1, 0.15) is 33.8 Å². The van der Waals surface area contributed by atoms with Gasteiger partial charge in [0, 0.05) is 39.5 Å². The molecule has 202 valence electrons. The van der Waals surface area contributed by atoms with Crippen LogP contribution >= 0.6 is 23.2 Å². The van der Waals surface area contributed by atoms with E-state index in [0.717, 1.165) is 16.7 Å². The number of ether oxygens (including phenoxy) is 2. The van der Waals surface area contributed by atoms with E-state index in [1.807, 2.05) is 48.5 Å². The first-order valence-electron chi connectivity index (χ1n) is 12.7. The zero-order valence-corrected chi connectivity index (χ0v) is 22.7. The molecule has 0 saturated carbocycles. The highest BCUT2D eigenvalue weighted by atomic mass is 35.5. The number of nitrogens with zero attached hydrogens (tertiary/aromatic N) is 1. The summed E-state index contributed by atoms with van der Waals surface area (Å²) in [6, 6.07) is 25.5. The molecule has 0 spiro atoms. The lowest BCUT2D eigenvalue weighted by Gasteiger charge is -2.24. The Kier molecular flexibility index (Phi) is 8.43. The van der Waals surface area contributed by atoms with Gasteiger partial charge in [0.05, 0.1) is 17.5 Å². The minimum Gasteiger partial charge on any atom is -0.493 e. The van der Waals surface area contributed by atoms with Gasteiger partial charge in [-0.3, -0.25) is 9.59 Å². The van der Waals surface area contributed by atoms with Crippen LogP contribution in [0.4, 0.5) is 0 Å². The Balaban J connectivity index is 1.21. The Morgan fingerprint density at radius 3 is 2.40 bits per heavy atom. The summed E-state index contributed by atoms with van der Waals surface area (Å²) >= 11 is 12.8. The molecule has 0 aliphatic carbocycles. The van der Waals surface area contributed by atoms with Crippen LogP contribution < -0.4 is 14.8 Å². The number of hydrogen-bond donors (Lipinski definition) is 1. The van der Waals surface area contributed by atoms with Crippen molar-refractivity contribution in [3.63, 3.8) is 0 Å². The molecule has 1 heterocycles. The van der Waals surface area contributed by atoms with Crippen LogP contribution in [0, 0.1) is 4.91 Å². The Morgan fingerprint density at radius 1 is 0.925 bits per heavy atom. The largest absolute Gasteiger partial charge is 0.493 e. The summed E-state index contributed by atoms with van der Waals surface area (Å²) in [6.45, 7) is 0.724. The SMILES string of the molecule is O=NC(=O)C1CCOc2cc(Oc3ccc(C(=O)NCCc4ccccc4-c4ccccc4Cl)cc3)c(Cl)cc21. The first-order chi connectivity index (χ1) is 19.4. The lowest BCUT2D eigenvalue weighted by molar-refractivity contribution is -0.119. The van der Waals surface area contributed by atoms with Crippen LogP contribution in [-0.2, 0) is 11.2 Å². The van der Waals surface area contributed by atoms with E-state index < -0.39 is 11.8 Å². The summed E-state index contributed by atoms with van der Waals surface area (Å²) in [5, 5.41) is 6.45. The van der Waals surface area contributed by atoms with Gasteiger partial charge in [0.1, 0.15) is 17.2 Å². The molecule has 0 aromatic heterocycles. The second-order valence-electron chi connectivity index (χ2n) is 9.21. The van der Waals surface area contributed by atoms with Crippen molar-refractivity contribution < 1.29 is 19.1 Å². The van der Waals surface area contributed by atoms with Crippen LogP contribution in [0.2, 0.25) is 10.0 Å². The van der Waals surface area contributed by atoms with Crippen molar-refractivity contribution in [1.82, 2.24) is 5.32 Å². The predicted molar refractivity (Wildman–Crippen MR) is 155 cm³/mol.